The van der Waals surface area contributed by atoms with Crippen molar-refractivity contribution in [2.75, 3.05) is 6.54 Å². The van der Waals surface area contributed by atoms with E-state index in [1.165, 1.54) is 0 Å². The molecule has 4 nitrogen and oxygen atoms in total. The largest absolute Gasteiger partial charge is 0.508 e. The topological polar surface area (TPSA) is 69.6 Å². The second-order valence-corrected chi connectivity index (χ2v) is 5.26. The highest BCUT2D eigenvalue weighted by Gasteiger charge is 2.48. The number of para-hydroxylation sites is 1. The quantitative estimate of drug-likeness (QED) is 0.718. The van der Waals surface area contributed by atoms with E-state index in [0.29, 0.717) is 13.0 Å². The van der Waals surface area contributed by atoms with E-state index in [1.54, 1.807) is 12.1 Å². The number of phenolic OH excluding ortho intramolecular Hbond substituents is 1. The van der Waals surface area contributed by atoms with Gasteiger partial charge in [-0.05, 0) is 36.3 Å². The highest BCUT2D eigenvalue weighted by molar-refractivity contribution is 5.75. The minimum Gasteiger partial charge on any atom is -0.508 e. The van der Waals surface area contributed by atoms with Gasteiger partial charge in [-0.15, -0.1) is 0 Å². The Morgan fingerprint density at radius 2 is 2.11 bits per heavy atom. The van der Waals surface area contributed by atoms with Crippen LogP contribution >= 0.6 is 0 Å². The Morgan fingerprint density at radius 3 is 2.67 bits per heavy atom. The second-order valence-electron chi connectivity index (χ2n) is 5.26. The summed E-state index contributed by atoms with van der Waals surface area (Å²) in [6.45, 7) is 2.56. The minimum absolute atomic E-state index is 0.0927. The standard InChI is InChI=1S/C14H19NO3/c1-14(7-8-14)12(13(17)18)15-9-6-10-4-2-3-5-11(10)16/h2-5,12,15-16H,6-9H2,1H3,(H,17,18)/t12-/m0/s1. The number of aromatic hydroxyl groups is 1. The number of carbonyl (C=O) groups is 1. The van der Waals surface area contributed by atoms with Gasteiger partial charge >= 0.3 is 5.97 Å². The first-order chi connectivity index (χ1) is 8.53. The van der Waals surface area contributed by atoms with Crippen LogP contribution in [0.1, 0.15) is 25.3 Å². The molecule has 0 aromatic heterocycles. The van der Waals surface area contributed by atoms with Crippen LogP contribution in [0, 0.1) is 5.41 Å². The van der Waals surface area contributed by atoms with Crippen molar-refractivity contribution >= 4 is 5.97 Å². The summed E-state index contributed by atoms with van der Waals surface area (Å²) < 4.78 is 0. The van der Waals surface area contributed by atoms with Crippen molar-refractivity contribution in [1.82, 2.24) is 5.32 Å². The Bertz CT molecular complexity index is 440. The van der Waals surface area contributed by atoms with Gasteiger partial charge in [0.1, 0.15) is 11.8 Å². The fraction of sp³-hybridized carbons (Fsp3) is 0.500. The lowest BCUT2D eigenvalue weighted by molar-refractivity contribution is -0.141. The fourth-order valence-corrected chi connectivity index (χ4v) is 2.19. The molecule has 1 fully saturated rings. The first kappa shape index (κ1) is 12.9. The third kappa shape index (κ3) is 2.82. The molecular formula is C14H19NO3. The molecule has 0 aliphatic heterocycles. The summed E-state index contributed by atoms with van der Waals surface area (Å²) in [6, 6.07) is 6.66. The molecule has 1 aromatic carbocycles. The van der Waals surface area contributed by atoms with Crippen LogP contribution < -0.4 is 5.32 Å². The smallest absolute Gasteiger partial charge is 0.321 e. The summed E-state index contributed by atoms with van der Waals surface area (Å²) in [5.41, 5.74) is 0.750. The molecule has 1 aliphatic carbocycles. The lowest BCUT2D eigenvalue weighted by Gasteiger charge is -2.20. The molecule has 0 unspecified atom stereocenters. The van der Waals surface area contributed by atoms with Crippen molar-refractivity contribution < 1.29 is 15.0 Å². The maximum Gasteiger partial charge on any atom is 0.321 e. The molecule has 1 aliphatic rings. The molecule has 18 heavy (non-hydrogen) atoms. The number of benzene rings is 1. The van der Waals surface area contributed by atoms with Crippen LogP contribution in [0.3, 0.4) is 0 Å². The van der Waals surface area contributed by atoms with Crippen LogP contribution in [0.2, 0.25) is 0 Å². The molecule has 0 radical (unpaired) electrons. The van der Waals surface area contributed by atoms with Crippen LogP contribution in [0.15, 0.2) is 24.3 Å². The van der Waals surface area contributed by atoms with E-state index >= 15 is 0 Å². The van der Waals surface area contributed by atoms with Crippen LogP contribution in [0.25, 0.3) is 0 Å². The molecule has 2 rings (SSSR count). The molecule has 0 heterocycles. The second kappa shape index (κ2) is 4.98. The minimum atomic E-state index is -0.785. The van der Waals surface area contributed by atoms with Gasteiger partial charge < -0.3 is 15.5 Å². The lowest BCUT2D eigenvalue weighted by Crippen LogP contribution is -2.43. The predicted octanol–water partition coefficient (Wildman–Crippen LogP) is 1.78. The van der Waals surface area contributed by atoms with Gasteiger partial charge in [-0.25, -0.2) is 0 Å². The number of carboxylic acid groups (broad SMARTS) is 1. The van der Waals surface area contributed by atoms with Crippen LogP contribution in [-0.2, 0) is 11.2 Å². The van der Waals surface area contributed by atoms with Crippen molar-refractivity contribution in [2.24, 2.45) is 5.41 Å². The Hall–Kier alpha value is -1.55. The first-order valence-electron chi connectivity index (χ1n) is 6.26. The zero-order valence-electron chi connectivity index (χ0n) is 10.5. The average Bonchev–Trinajstić information content (AvgIpc) is 3.05. The monoisotopic (exact) mass is 249 g/mol. The Kier molecular flexibility index (Phi) is 3.57. The van der Waals surface area contributed by atoms with Gasteiger partial charge in [-0.1, -0.05) is 25.1 Å². The van der Waals surface area contributed by atoms with Gasteiger partial charge in [0.25, 0.3) is 0 Å². The zero-order valence-corrected chi connectivity index (χ0v) is 10.5. The number of rotatable bonds is 6. The number of aliphatic carboxylic acids is 1. The number of carboxylic acids is 1. The van der Waals surface area contributed by atoms with Crippen LogP contribution in [-0.4, -0.2) is 28.8 Å². The predicted molar refractivity (Wildman–Crippen MR) is 68.6 cm³/mol. The van der Waals surface area contributed by atoms with Crippen molar-refractivity contribution in [1.29, 1.82) is 0 Å². The van der Waals surface area contributed by atoms with Gasteiger partial charge in [0.2, 0.25) is 0 Å². The van der Waals surface area contributed by atoms with E-state index in [1.807, 2.05) is 19.1 Å². The molecule has 4 heteroatoms. The number of hydrogen-bond acceptors (Lipinski definition) is 3. The third-order valence-corrected chi connectivity index (χ3v) is 3.72. The molecule has 1 saturated carbocycles. The van der Waals surface area contributed by atoms with Gasteiger partial charge in [-0.3, -0.25) is 4.79 Å². The van der Waals surface area contributed by atoms with Crippen molar-refractivity contribution in [3.8, 4) is 5.75 Å². The zero-order chi connectivity index (χ0) is 13.2. The maximum absolute atomic E-state index is 11.2. The molecular weight excluding hydrogens is 230 g/mol. The maximum atomic E-state index is 11.2. The van der Waals surface area contributed by atoms with Crippen LogP contribution in [0.5, 0.6) is 5.75 Å². The van der Waals surface area contributed by atoms with Gasteiger partial charge in [0.15, 0.2) is 0 Å². The lowest BCUT2D eigenvalue weighted by atomic mass is 9.99. The van der Waals surface area contributed by atoms with Crippen LogP contribution in [0.4, 0.5) is 0 Å². The summed E-state index contributed by atoms with van der Waals surface area (Å²) in [4.78, 5) is 11.2. The molecule has 0 spiro atoms. The van der Waals surface area contributed by atoms with Gasteiger partial charge in [0.05, 0.1) is 0 Å². The van der Waals surface area contributed by atoms with Gasteiger partial charge in [-0.2, -0.15) is 0 Å². The summed E-state index contributed by atoms with van der Waals surface area (Å²) in [5, 5.41) is 21.9. The molecule has 0 amide bonds. The molecule has 0 bridgehead atoms. The summed E-state index contributed by atoms with van der Waals surface area (Å²) in [6.07, 6.45) is 2.56. The Labute approximate surface area is 107 Å². The number of hydrogen-bond donors (Lipinski definition) is 3. The fourth-order valence-electron chi connectivity index (χ4n) is 2.19. The Balaban J connectivity index is 1.88. The third-order valence-electron chi connectivity index (χ3n) is 3.72. The average molecular weight is 249 g/mol. The number of phenols is 1. The summed E-state index contributed by atoms with van der Waals surface area (Å²) >= 11 is 0. The highest BCUT2D eigenvalue weighted by Crippen LogP contribution is 2.48. The molecule has 1 atom stereocenters. The van der Waals surface area contributed by atoms with E-state index in [9.17, 15) is 15.0 Å². The molecule has 3 N–H and O–H groups in total. The van der Waals surface area contributed by atoms with Crippen molar-refractivity contribution in [2.45, 2.75) is 32.2 Å². The first-order valence-corrected chi connectivity index (χ1v) is 6.26. The highest BCUT2D eigenvalue weighted by atomic mass is 16.4. The Morgan fingerprint density at radius 1 is 1.44 bits per heavy atom. The van der Waals surface area contributed by atoms with Crippen molar-refractivity contribution in [3.63, 3.8) is 0 Å². The van der Waals surface area contributed by atoms with Gasteiger partial charge in [0, 0.05) is 6.54 Å². The van der Waals surface area contributed by atoms with E-state index < -0.39 is 12.0 Å². The normalized spacial score (nSPS) is 18.3. The summed E-state index contributed by atoms with van der Waals surface area (Å²) in [7, 11) is 0. The summed E-state index contributed by atoms with van der Waals surface area (Å²) in [5.74, 6) is -0.518. The van der Waals surface area contributed by atoms with Crippen molar-refractivity contribution in [3.05, 3.63) is 29.8 Å². The molecule has 1 aromatic rings. The van der Waals surface area contributed by atoms with E-state index in [4.69, 9.17) is 0 Å². The SMILES string of the molecule is CC1([C@@H](NCCc2ccccc2O)C(=O)O)CC1. The van der Waals surface area contributed by atoms with E-state index in [-0.39, 0.29) is 11.2 Å². The molecule has 0 saturated heterocycles. The molecule has 98 valence electrons. The van der Waals surface area contributed by atoms with E-state index in [0.717, 1.165) is 18.4 Å². The number of nitrogens with one attached hydrogen (secondary N) is 1. The van der Waals surface area contributed by atoms with E-state index in [2.05, 4.69) is 5.32 Å².